The third-order valence-electron chi connectivity index (χ3n) is 4.30. The monoisotopic (exact) mass is 286 g/mol. The highest BCUT2D eigenvalue weighted by atomic mass is 15.2. The van der Waals surface area contributed by atoms with Crippen molar-refractivity contribution in [3.05, 3.63) is 24.2 Å². The largest absolute Gasteiger partial charge is 0.312 e. The molecule has 1 saturated heterocycles. The Hall–Kier alpha value is -1.42. The summed E-state index contributed by atoms with van der Waals surface area (Å²) in [5.41, 5.74) is 2.28. The van der Waals surface area contributed by atoms with E-state index in [0.717, 1.165) is 24.1 Å². The zero-order chi connectivity index (χ0) is 15.0. The van der Waals surface area contributed by atoms with Crippen LogP contribution in [-0.2, 0) is 13.0 Å². The summed E-state index contributed by atoms with van der Waals surface area (Å²) >= 11 is 0. The van der Waals surface area contributed by atoms with Gasteiger partial charge in [-0.05, 0) is 44.0 Å². The first-order valence-electron chi connectivity index (χ1n) is 7.94. The van der Waals surface area contributed by atoms with Gasteiger partial charge >= 0.3 is 0 Å². The van der Waals surface area contributed by atoms with E-state index in [-0.39, 0.29) is 5.41 Å². The average Bonchev–Trinajstić information content (AvgIpc) is 2.94. The fraction of sp³-hybridized carbons (Fsp3) is 0.647. The fourth-order valence-electron chi connectivity index (χ4n) is 3.25. The summed E-state index contributed by atoms with van der Waals surface area (Å²) in [6.45, 7) is 8.99. The minimum atomic E-state index is 0.224. The molecule has 0 spiro atoms. The van der Waals surface area contributed by atoms with Crippen molar-refractivity contribution in [3.63, 3.8) is 0 Å². The quantitative estimate of drug-likeness (QED) is 0.869. The predicted octanol–water partition coefficient (Wildman–Crippen LogP) is 3.11. The number of aromatic nitrogens is 3. The molecule has 3 heterocycles. The van der Waals surface area contributed by atoms with Crippen molar-refractivity contribution in [3.8, 4) is 0 Å². The highest BCUT2D eigenvalue weighted by Gasteiger charge is 2.25. The van der Waals surface area contributed by atoms with Crippen LogP contribution in [0.25, 0.3) is 11.2 Å². The number of fused-ring (bicyclic) bond motifs is 1. The van der Waals surface area contributed by atoms with Gasteiger partial charge in [0, 0.05) is 25.2 Å². The molecule has 0 bridgehead atoms. The molecule has 1 unspecified atom stereocenters. The van der Waals surface area contributed by atoms with Crippen LogP contribution in [0.2, 0.25) is 0 Å². The topological polar surface area (TPSA) is 34.0 Å². The van der Waals surface area contributed by atoms with Crippen molar-refractivity contribution in [1.82, 2.24) is 19.4 Å². The number of likely N-dealkylation sites (tertiary alicyclic amines) is 1. The van der Waals surface area contributed by atoms with Gasteiger partial charge in [0.25, 0.3) is 0 Å². The minimum absolute atomic E-state index is 0.224. The highest BCUT2D eigenvalue weighted by Crippen LogP contribution is 2.25. The number of likely N-dealkylation sites (N-methyl/N-ethyl adjacent to an activating group) is 1. The maximum atomic E-state index is 4.87. The number of hydrogen-bond donors (Lipinski definition) is 0. The van der Waals surface area contributed by atoms with E-state index in [4.69, 9.17) is 4.98 Å². The molecule has 0 aliphatic carbocycles. The molecule has 1 aliphatic heterocycles. The average molecular weight is 286 g/mol. The Morgan fingerprint density at radius 1 is 1.33 bits per heavy atom. The Morgan fingerprint density at radius 2 is 2.14 bits per heavy atom. The summed E-state index contributed by atoms with van der Waals surface area (Å²) < 4.78 is 2.33. The molecular weight excluding hydrogens is 260 g/mol. The first-order chi connectivity index (χ1) is 9.94. The second kappa shape index (κ2) is 5.41. The molecule has 0 N–H and O–H groups in total. The molecule has 0 aromatic carbocycles. The van der Waals surface area contributed by atoms with Gasteiger partial charge in [-0.15, -0.1) is 0 Å². The van der Waals surface area contributed by atoms with Crippen LogP contribution < -0.4 is 0 Å². The molecule has 2 aromatic rings. The van der Waals surface area contributed by atoms with Gasteiger partial charge in [-0.1, -0.05) is 20.8 Å². The van der Waals surface area contributed by atoms with Crippen LogP contribution in [-0.4, -0.2) is 39.1 Å². The summed E-state index contributed by atoms with van der Waals surface area (Å²) in [6.07, 6.45) is 5.49. The Balaban J connectivity index is 1.97. The van der Waals surface area contributed by atoms with Crippen molar-refractivity contribution < 1.29 is 0 Å². The van der Waals surface area contributed by atoms with Gasteiger partial charge in [-0.3, -0.25) is 0 Å². The molecule has 2 aromatic heterocycles. The van der Waals surface area contributed by atoms with Crippen LogP contribution >= 0.6 is 0 Å². The molecule has 1 aliphatic rings. The van der Waals surface area contributed by atoms with E-state index in [0.29, 0.717) is 6.04 Å². The summed E-state index contributed by atoms with van der Waals surface area (Å²) in [6, 6.07) is 4.67. The van der Waals surface area contributed by atoms with E-state index < -0.39 is 0 Å². The third kappa shape index (κ3) is 3.10. The number of pyridine rings is 1. The van der Waals surface area contributed by atoms with Crippen LogP contribution in [0.1, 0.15) is 39.4 Å². The second-order valence-corrected chi connectivity index (χ2v) is 7.50. The lowest BCUT2D eigenvalue weighted by Gasteiger charge is -2.23. The molecular formula is C17H26N4. The van der Waals surface area contributed by atoms with Crippen LogP contribution in [0.4, 0.5) is 0 Å². The lowest BCUT2D eigenvalue weighted by Crippen LogP contribution is -2.29. The van der Waals surface area contributed by atoms with Crippen LogP contribution in [0.5, 0.6) is 0 Å². The van der Waals surface area contributed by atoms with Gasteiger partial charge in [0.05, 0.1) is 0 Å². The third-order valence-corrected chi connectivity index (χ3v) is 4.30. The Morgan fingerprint density at radius 3 is 2.81 bits per heavy atom. The number of imidazole rings is 1. The molecule has 4 heteroatoms. The van der Waals surface area contributed by atoms with Crippen molar-refractivity contribution in [1.29, 1.82) is 0 Å². The van der Waals surface area contributed by atoms with Gasteiger partial charge in [0.2, 0.25) is 0 Å². The molecule has 0 amide bonds. The summed E-state index contributed by atoms with van der Waals surface area (Å²) in [4.78, 5) is 11.9. The number of hydrogen-bond acceptors (Lipinski definition) is 3. The van der Waals surface area contributed by atoms with Crippen molar-refractivity contribution >= 4 is 11.2 Å². The Kier molecular flexibility index (Phi) is 3.74. The standard InChI is InChI=1S/C17H26N4/c1-17(2,3)12-21-15(11-13-7-6-10-20(13)4)19-14-8-5-9-18-16(14)21/h5,8-9,13H,6-7,10-12H2,1-4H3. The molecule has 3 rings (SSSR count). The van der Waals surface area contributed by atoms with Gasteiger partial charge in [-0.2, -0.15) is 0 Å². The van der Waals surface area contributed by atoms with E-state index in [2.05, 4.69) is 48.3 Å². The van der Waals surface area contributed by atoms with Crippen LogP contribution in [0.3, 0.4) is 0 Å². The second-order valence-electron chi connectivity index (χ2n) is 7.50. The number of rotatable bonds is 3. The smallest absolute Gasteiger partial charge is 0.160 e. The lowest BCUT2D eigenvalue weighted by atomic mass is 9.96. The van der Waals surface area contributed by atoms with Crippen molar-refractivity contribution in [2.45, 2.75) is 52.6 Å². The molecule has 0 saturated carbocycles. The summed E-state index contributed by atoms with van der Waals surface area (Å²) in [5.74, 6) is 1.19. The van der Waals surface area contributed by atoms with E-state index in [1.807, 2.05) is 12.3 Å². The zero-order valence-electron chi connectivity index (χ0n) is 13.6. The summed E-state index contributed by atoms with van der Waals surface area (Å²) in [5, 5.41) is 0. The van der Waals surface area contributed by atoms with E-state index >= 15 is 0 Å². The van der Waals surface area contributed by atoms with Gasteiger partial charge < -0.3 is 9.47 Å². The molecule has 21 heavy (non-hydrogen) atoms. The maximum Gasteiger partial charge on any atom is 0.160 e. The van der Waals surface area contributed by atoms with Crippen molar-refractivity contribution in [2.75, 3.05) is 13.6 Å². The fourth-order valence-corrected chi connectivity index (χ4v) is 3.25. The van der Waals surface area contributed by atoms with Gasteiger partial charge in [0.1, 0.15) is 11.3 Å². The molecule has 1 atom stereocenters. The normalized spacial score (nSPS) is 20.5. The molecule has 0 radical (unpaired) electrons. The maximum absolute atomic E-state index is 4.87. The first-order valence-corrected chi connectivity index (χ1v) is 7.94. The van der Waals surface area contributed by atoms with Gasteiger partial charge in [-0.25, -0.2) is 9.97 Å². The first kappa shape index (κ1) is 14.5. The summed E-state index contributed by atoms with van der Waals surface area (Å²) in [7, 11) is 2.23. The van der Waals surface area contributed by atoms with Gasteiger partial charge in [0.15, 0.2) is 5.65 Å². The van der Waals surface area contributed by atoms with Crippen LogP contribution in [0.15, 0.2) is 18.3 Å². The van der Waals surface area contributed by atoms with E-state index in [9.17, 15) is 0 Å². The molecule has 114 valence electrons. The minimum Gasteiger partial charge on any atom is -0.312 e. The zero-order valence-corrected chi connectivity index (χ0v) is 13.6. The number of nitrogens with zero attached hydrogens (tertiary/aromatic N) is 4. The molecule has 1 fully saturated rings. The molecule has 4 nitrogen and oxygen atoms in total. The Labute approximate surface area is 127 Å². The van der Waals surface area contributed by atoms with Crippen LogP contribution in [0, 0.1) is 5.41 Å². The van der Waals surface area contributed by atoms with E-state index in [1.54, 1.807) is 0 Å². The van der Waals surface area contributed by atoms with Crippen molar-refractivity contribution in [2.24, 2.45) is 5.41 Å². The lowest BCUT2D eigenvalue weighted by molar-refractivity contribution is 0.295. The Bertz CT molecular complexity index is 623. The highest BCUT2D eigenvalue weighted by molar-refractivity contribution is 5.71. The predicted molar refractivity (Wildman–Crippen MR) is 86.3 cm³/mol. The van der Waals surface area contributed by atoms with E-state index in [1.165, 1.54) is 25.2 Å². The SMILES string of the molecule is CN1CCCC1Cc1nc2cccnc2n1CC(C)(C)C.